The van der Waals surface area contributed by atoms with Gasteiger partial charge >= 0.3 is 0 Å². The number of fused-ring (bicyclic) bond motifs is 1. The van der Waals surface area contributed by atoms with Crippen molar-refractivity contribution in [1.82, 2.24) is 19.9 Å². The summed E-state index contributed by atoms with van der Waals surface area (Å²) in [5.74, 6) is -0.456. The van der Waals surface area contributed by atoms with E-state index in [1.54, 1.807) is 30.3 Å². The Morgan fingerprint density at radius 3 is 2.68 bits per heavy atom. The van der Waals surface area contributed by atoms with Crippen molar-refractivity contribution >= 4 is 40.1 Å². The fourth-order valence-electron chi connectivity index (χ4n) is 3.57. The van der Waals surface area contributed by atoms with Crippen LogP contribution in [-0.2, 0) is 4.79 Å². The molecule has 9 nitrogen and oxygen atoms in total. The molecule has 4 aromatic rings. The highest BCUT2D eigenvalue weighted by Gasteiger charge is 2.21. The third-order valence-corrected chi connectivity index (χ3v) is 5.30. The SMILES string of the molecule is C=CC(=O)N(CCNc1ncnc(N)c1C(=N)c1ccc2cc[nH]c2c1)C(=O)c1ccccc1. The number of carbonyl (C=O) groups is 2. The lowest BCUT2D eigenvalue weighted by molar-refractivity contribution is -0.123. The number of nitrogens with zero attached hydrogens (tertiary/aromatic N) is 3. The summed E-state index contributed by atoms with van der Waals surface area (Å²) in [6.45, 7) is 3.74. The van der Waals surface area contributed by atoms with E-state index >= 15 is 0 Å². The number of anilines is 2. The highest BCUT2D eigenvalue weighted by atomic mass is 16.2. The molecule has 0 spiro atoms. The molecular weight excluding hydrogens is 430 g/mol. The molecule has 0 aliphatic rings. The van der Waals surface area contributed by atoms with Crippen LogP contribution in [0.3, 0.4) is 0 Å². The van der Waals surface area contributed by atoms with Crippen molar-refractivity contribution in [3.05, 3.63) is 96.5 Å². The highest BCUT2D eigenvalue weighted by molar-refractivity contribution is 6.17. The van der Waals surface area contributed by atoms with Crippen LogP contribution in [0.15, 0.2) is 79.8 Å². The van der Waals surface area contributed by atoms with E-state index in [-0.39, 0.29) is 24.6 Å². The molecule has 0 saturated heterocycles. The number of aromatic nitrogens is 3. The molecule has 5 N–H and O–H groups in total. The molecule has 0 atom stereocenters. The van der Waals surface area contributed by atoms with Gasteiger partial charge in [0, 0.05) is 35.9 Å². The van der Waals surface area contributed by atoms with Gasteiger partial charge in [-0.15, -0.1) is 0 Å². The smallest absolute Gasteiger partial charge is 0.260 e. The van der Waals surface area contributed by atoms with Crippen molar-refractivity contribution in [2.75, 3.05) is 24.1 Å². The average Bonchev–Trinajstić information content (AvgIpc) is 3.34. The van der Waals surface area contributed by atoms with Crippen LogP contribution in [0, 0.1) is 5.41 Å². The van der Waals surface area contributed by atoms with Gasteiger partial charge < -0.3 is 16.0 Å². The van der Waals surface area contributed by atoms with Crippen LogP contribution in [-0.4, -0.2) is 50.5 Å². The molecule has 9 heteroatoms. The van der Waals surface area contributed by atoms with Crippen LogP contribution in [0.1, 0.15) is 21.5 Å². The molecule has 0 bridgehead atoms. The first kappa shape index (κ1) is 22.4. The number of nitrogen functional groups attached to an aromatic ring is 1. The lowest BCUT2D eigenvalue weighted by atomic mass is 10.0. The molecular formula is C25H23N7O2. The fourth-order valence-corrected chi connectivity index (χ4v) is 3.57. The first-order valence-corrected chi connectivity index (χ1v) is 10.5. The van der Waals surface area contributed by atoms with Crippen molar-refractivity contribution in [3.63, 3.8) is 0 Å². The normalized spacial score (nSPS) is 10.6. The zero-order valence-corrected chi connectivity index (χ0v) is 18.3. The average molecular weight is 454 g/mol. The summed E-state index contributed by atoms with van der Waals surface area (Å²) in [6, 6.07) is 16.1. The van der Waals surface area contributed by atoms with E-state index in [4.69, 9.17) is 11.1 Å². The number of benzene rings is 2. The zero-order chi connectivity index (χ0) is 24.1. The van der Waals surface area contributed by atoms with Crippen LogP contribution < -0.4 is 11.1 Å². The highest BCUT2D eigenvalue weighted by Crippen LogP contribution is 2.23. The number of hydrogen-bond donors (Lipinski definition) is 4. The second-order valence-electron chi connectivity index (χ2n) is 7.43. The summed E-state index contributed by atoms with van der Waals surface area (Å²) in [5.41, 5.74) is 8.52. The maximum absolute atomic E-state index is 12.8. The van der Waals surface area contributed by atoms with Crippen molar-refractivity contribution in [2.24, 2.45) is 0 Å². The first-order valence-electron chi connectivity index (χ1n) is 10.5. The summed E-state index contributed by atoms with van der Waals surface area (Å²) in [7, 11) is 0. The Labute approximate surface area is 195 Å². The molecule has 0 fully saturated rings. The van der Waals surface area contributed by atoms with Gasteiger partial charge in [-0.25, -0.2) is 9.97 Å². The molecule has 2 aromatic carbocycles. The van der Waals surface area contributed by atoms with Gasteiger partial charge in [0.05, 0.1) is 11.3 Å². The largest absolute Gasteiger partial charge is 0.383 e. The Kier molecular flexibility index (Phi) is 6.45. The molecule has 0 radical (unpaired) electrons. The quantitative estimate of drug-likeness (QED) is 0.238. The number of aromatic amines is 1. The Morgan fingerprint density at radius 1 is 1.12 bits per heavy atom. The van der Waals surface area contributed by atoms with E-state index in [9.17, 15) is 9.59 Å². The van der Waals surface area contributed by atoms with Gasteiger partial charge in [0.2, 0.25) is 0 Å². The van der Waals surface area contributed by atoms with E-state index in [0.29, 0.717) is 22.5 Å². The molecule has 4 rings (SSSR count). The van der Waals surface area contributed by atoms with Crippen LogP contribution in [0.25, 0.3) is 10.9 Å². The van der Waals surface area contributed by atoms with Gasteiger partial charge in [-0.05, 0) is 35.7 Å². The van der Waals surface area contributed by atoms with Crippen molar-refractivity contribution < 1.29 is 9.59 Å². The number of nitrogens with two attached hydrogens (primary N) is 1. The molecule has 2 amide bonds. The number of H-pyrrole nitrogens is 1. The van der Waals surface area contributed by atoms with Gasteiger partial charge in [0.1, 0.15) is 18.0 Å². The number of imide groups is 1. The van der Waals surface area contributed by atoms with Crippen LogP contribution >= 0.6 is 0 Å². The molecule has 170 valence electrons. The minimum atomic E-state index is -0.509. The second-order valence-corrected chi connectivity index (χ2v) is 7.43. The van der Waals surface area contributed by atoms with Gasteiger partial charge in [-0.1, -0.05) is 36.9 Å². The lowest BCUT2D eigenvalue weighted by Gasteiger charge is -2.20. The number of carbonyl (C=O) groups excluding carboxylic acids is 2. The molecule has 0 unspecified atom stereocenters. The topological polar surface area (TPSA) is 141 Å². The monoisotopic (exact) mass is 453 g/mol. The van der Waals surface area contributed by atoms with Gasteiger partial charge in [0.25, 0.3) is 11.8 Å². The van der Waals surface area contributed by atoms with Gasteiger partial charge in [0.15, 0.2) is 0 Å². The number of nitrogens with one attached hydrogen (secondary N) is 3. The number of rotatable bonds is 8. The summed E-state index contributed by atoms with van der Waals surface area (Å²) in [4.78, 5) is 37.7. The standard InChI is InChI=1S/C25H23N7O2/c1-2-20(33)32(25(34)17-6-4-3-5-7-17)13-12-29-24-21(23(27)30-15-31-24)22(26)18-9-8-16-10-11-28-19(16)14-18/h2-11,14-15,26,28H,1,12-13H2,(H3,27,29,30,31). The predicted octanol–water partition coefficient (Wildman–Crippen LogP) is 3.22. The molecule has 0 aliphatic heterocycles. The molecule has 34 heavy (non-hydrogen) atoms. The second kappa shape index (κ2) is 9.78. The maximum atomic E-state index is 12.8. The van der Waals surface area contributed by atoms with E-state index in [1.165, 1.54) is 6.33 Å². The third kappa shape index (κ3) is 4.53. The Hall–Kier alpha value is -4.79. The van der Waals surface area contributed by atoms with Crippen LogP contribution in [0.5, 0.6) is 0 Å². The molecule has 2 aromatic heterocycles. The van der Waals surface area contributed by atoms with Gasteiger partial charge in [-0.3, -0.25) is 19.9 Å². The fraction of sp³-hybridized carbons (Fsp3) is 0.0800. The van der Waals surface area contributed by atoms with Gasteiger partial charge in [-0.2, -0.15) is 0 Å². The third-order valence-electron chi connectivity index (χ3n) is 5.30. The summed E-state index contributed by atoms with van der Waals surface area (Å²) in [5, 5.41) is 12.9. The molecule has 2 heterocycles. The predicted molar refractivity (Wildman–Crippen MR) is 132 cm³/mol. The van der Waals surface area contributed by atoms with Crippen molar-refractivity contribution in [1.29, 1.82) is 5.41 Å². The van der Waals surface area contributed by atoms with E-state index in [0.717, 1.165) is 21.9 Å². The summed E-state index contributed by atoms with van der Waals surface area (Å²) < 4.78 is 0. The summed E-state index contributed by atoms with van der Waals surface area (Å²) >= 11 is 0. The van der Waals surface area contributed by atoms with Crippen molar-refractivity contribution in [2.45, 2.75) is 0 Å². The van der Waals surface area contributed by atoms with E-state index in [2.05, 4.69) is 26.8 Å². The molecule has 0 saturated carbocycles. The van der Waals surface area contributed by atoms with E-state index < -0.39 is 11.8 Å². The lowest BCUT2D eigenvalue weighted by Crippen LogP contribution is -2.39. The van der Waals surface area contributed by atoms with E-state index in [1.807, 2.05) is 30.5 Å². The number of amides is 2. The minimum absolute atomic E-state index is 0.0592. The van der Waals surface area contributed by atoms with Crippen LogP contribution in [0.4, 0.5) is 11.6 Å². The Bertz CT molecular complexity index is 1380. The zero-order valence-electron chi connectivity index (χ0n) is 18.3. The first-order chi connectivity index (χ1) is 16.5. The maximum Gasteiger partial charge on any atom is 0.260 e. The summed E-state index contributed by atoms with van der Waals surface area (Å²) in [6.07, 6.45) is 4.23. The number of hydrogen-bond acceptors (Lipinski definition) is 7. The van der Waals surface area contributed by atoms with Crippen LogP contribution in [0.2, 0.25) is 0 Å². The molecule has 0 aliphatic carbocycles. The Morgan fingerprint density at radius 2 is 1.91 bits per heavy atom. The minimum Gasteiger partial charge on any atom is -0.383 e. The Balaban J connectivity index is 1.54. The van der Waals surface area contributed by atoms with Crippen molar-refractivity contribution in [3.8, 4) is 0 Å².